The van der Waals surface area contributed by atoms with Crippen LogP contribution in [-0.2, 0) is 19.0 Å². The minimum absolute atomic E-state index is 0.400. The Morgan fingerprint density at radius 3 is 2.14 bits per heavy atom. The first kappa shape index (κ1) is 18.6. The van der Waals surface area contributed by atoms with Crippen LogP contribution >= 0.6 is 0 Å². The topological polar surface area (TPSA) is 44.8 Å². The van der Waals surface area contributed by atoms with Gasteiger partial charge in [-0.3, -0.25) is 0 Å². The van der Waals surface area contributed by atoms with Crippen molar-refractivity contribution >= 4 is 19.2 Å². The SMILES string of the molecule is CCOC(OCC)/C(=C/[Si](C)(C)c1ccccc1)C(=O)OC. The summed E-state index contributed by atoms with van der Waals surface area (Å²) in [6.45, 7) is 9.04. The molecule has 0 aliphatic carbocycles. The molecule has 0 saturated heterocycles. The van der Waals surface area contributed by atoms with E-state index >= 15 is 0 Å². The fraction of sp³-hybridized carbons (Fsp3) is 0.471. The van der Waals surface area contributed by atoms with Gasteiger partial charge in [-0.05, 0) is 13.8 Å². The number of ether oxygens (including phenoxy) is 3. The largest absolute Gasteiger partial charge is 0.466 e. The van der Waals surface area contributed by atoms with Crippen LogP contribution in [-0.4, -0.2) is 40.7 Å². The predicted octanol–water partition coefficient (Wildman–Crippen LogP) is 2.64. The molecule has 1 aromatic carbocycles. The fourth-order valence-electron chi connectivity index (χ4n) is 2.21. The summed E-state index contributed by atoms with van der Waals surface area (Å²) in [5, 5.41) is 1.24. The van der Waals surface area contributed by atoms with Crippen LogP contribution in [0.4, 0.5) is 0 Å². The normalized spacial score (nSPS) is 12.5. The van der Waals surface area contributed by atoms with Gasteiger partial charge in [0.05, 0.1) is 12.7 Å². The zero-order valence-electron chi connectivity index (χ0n) is 14.1. The van der Waals surface area contributed by atoms with Crippen molar-refractivity contribution in [2.45, 2.75) is 33.2 Å². The lowest BCUT2D eigenvalue weighted by Gasteiger charge is -2.24. The molecule has 0 atom stereocenters. The van der Waals surface area contributed by atoms with Crippen molar-refractivity contribution in [2.24, 2.45) is 0 Å². The summed E-state index contributed by atoms with van der Waals surface area (Å²) in [6, 6.07) is 10.2. The van der Waals surface area contributed by atoms with Gasteiger partial charge in [0.1, 0.15) is 8.07 Å². The summed E-state index contributed by atoms with van der Waals surface area (Å²) in [5.41, 5.74) is 2.45. The van der Waals surface area contributed by atoms with Gasteiger partial charge in [0.25, 0.3) is 0 Å². The monoisotopic (exact) mass is 322 g/mol. The van der Waals surface area contributed by atoms with Gasteiger partial charge in [0, 0.05) is 13.2 Å². The van der Waals surface area contributed by atoms with Crippen LogP contribution in [0.5, 0.6) is 0 Å². The van der Waals surface area contributed by atoms with Crippen LogP contribution in [0.15, 0.2) is 41.6 Å². The van der Waals surface area contributed by atoms with Crippen molar-refractivity contribution in [3.63, 3.8) is 0 Å². The lowest BCUT2D eigenvalue weighted by molar-refractivity contribution is -0.148. The molecule has 0 bridgehead atoms. The number of esters is 1. The number of hydrogen-bond acceptors (Lipinski definition) is 4. The van der Waals surface area contributed by atoms with Crippen LogP contribution in [0, 0.1) is 0 Å². The van der Waals surface area contributed by atoms with E-state index in [0.29, 0.717) is 18.8 Å². The molecular weight excluding hydrogens is 296 g/mol. The molecule has 0 heterocycles. The Kier molecular flexibility index (Phi) is 7.51. The van der Waals surface area contributed by atoms with Crippen LogP contribution in [0.1, 0.15) is 13.8 Å². The Morgan fingerprint density at radius 1 is 1.14 bits per heavy atom. The smallest absolute Gasteiger partial charge is 0.338 e. The van der Waals surface area contributed by atoms with Gasteiger partial charge in [-0.15, -0.1) is 0 Å². The maximum atomic E-state index is 12.2. The molecule has 0 aliphatic heterocycles. The van der Waals surface area contributed by atoms with Gasteiger partial charge in [-0.25, -0.2) is 4.79 Å². The average molecular weight is 322 g/mol. The Balaban J connectivity index is 3.21. The second-order valence-corrected chi connectivity index (χ2v) is 9.73. The third-order valence-corrected chi connectivity index (χ3v) is 6.20. The average Bonchev–Trinajstić information content (AvgIpc) is 2.52. The van der Waals surface area contributed by atoms with Crippen molar-refractivity contribution in [3.05, 3.63) is 41.6 Å². The van der Waals surface area contributed by atoms with Crippen LogP contribution < -0.4 is 5.19 Å². The molecule has 0 saturated carbocycles. The summed E-state index contributed by atoms with van der Waals surface area (Å²) in [7, 11) is -0.588. The standard InChI is InChI=1S/C17H26O4Si/c1-6-20-17(21-7-2)15(16(18)19-3)13-22(4,5)14-11-9-8-10-12-14/h8-13,17H,6-7H2,1-5H3/b15-13+. The molecule has 0 radical (unpaired) electrons. The summed E-state index contributed by atoms with van der Waals surface area (Å²) < 4.78 is 16.1. The van der Waals surface area contributed by atoms with E-state index in [1.54, 1.807) is 0 Å². The van der Waals surface area contributed by atoms with Gasteiger partial charge in [-0.2, -0.15) is 0 Å². The van der Waals surface area contributed by atoms with Gasteiger partial charge in [0.15, 0.2) is 6.29 Å². The number of rotatable bonds is 8. The van der Waals surface area contributed by atoms with E-state index in [4.69, 9.17) is 14.2 Å². The van der Waals surface area contributed by atoms with Crippen molar-refractivity contribution in [3.8, 4) is 0 Å². The van der Waals surface area contributed by atoms with Gasteiger partial charge >= 0.3 is 5.97 Å². The lowest BCUT2D eigenvalue weighted by atomic mass is 10.3. The zero-order valence-corrected chi connectivity index (χ0v) is 15.1. The third kappa shape index (κ3) is 5.09. The highest BCUT2D eigenvalue weighted by molar-refractivity contribution is 6.94. The van der Waals surface area contributed by atoms with E-state index < -0.39 is 20.3 Å². The maximum absolute atomic E-state index is 12.2. The first-order valence-electron chi connectivity index (χ1n) is 7.56. The highest BCUT2D eigenvalue weighted by Crippen LogP contribution is 2.16. The first-order valence-corrected chi connectivity index (χ1v) is 10.6. The second kappa shape index (κ2) is 8.88. The molecule has 122 valence electrons. The summed E-state index contributed by atoms with van der Waals surface area (Å²) >= 11 is 0. The number of hydrogen-bond donors (Lipinski definition) is 0. The Hall–Kier alpha value is -1.43. The van der Waals surface area contributed by atoms with Gasteiger partial charge < -0.3 is 14.2 Å². The first-order chi connectivity index (χ1) is 10.5. The Morgan fingerprint density at radius 2 is 1.68 bits per heavy atom. The zero-order chi connectivity index (χ0) is 16.6. The van der Waals surface area contributed by atoms with Crippen LogP contribution in [0.25, 0.3) is 0 Å². The Labute approximate surface area is 134 Å². The van der Waals surface area contributed by atoms with Crippen LogP contribution in [0.2, 0.25) is 13.1 Å². The van der Waals surface area contributed by atoms with Gasteiger partial charge in [0.2, 0.25) is 0 Å². The molecule has 22 heavy (non-hydrogen) atoms. The van der Waals surface area contributed by atoms with Crippen molar-refractivity contribution in [2.75, 3.05) is 20.3 Å². The molecule has 5 heteroatoms. The summed E-state index contributed by atoms with van der Waals surface area (Å²) in [5.74, 6) is -0.400. The van der Waals surface area contributed by atoms with E-state index in [-0.39, 0.29) is 0 Å². The number of carbonyl (C=O) groups is 1. The Bertz CT molecular complexity index is 491. The van der Waals surface area contributed by atoms with Crippen molar-refractivity contribution in [1.82, 2.24) is 0 Å². The number of benzene rings is 1. The van der Waals surface area contributed by atoms with E-state index in [2.05, 4.69) is 25.2 Å². The summed E-state index contributed by atoms with van der Waals surface area (Å²) in [4.78, 5) is 12.2. The molecule has 0 spiro atoms. The molecule has 0 amide bonds. The fourth-order valence-corrected chi connectivity index (χ4v) is 4.46. The molecular formula is C17H26O4Si. The minimum Gasteiger partial charge on any atom is -0.466 e. The van der Waals surface area contributed by atoms with Gasteiger partial charge in [-0.1, -0.05) is 54.3 Å². The molecule has 0 N–H and O–H groups in total. The predicted molar refractivity (Wildman–Crippen MR) is 90.7 cm³/mol. The third-order valence-electron chi connectivity index (χ3n) is 3.35. The number of methoxy groups -OCH3 is 1. The second-order valence-electron chi connectivity index (χ2n) is 5.42. The maximum Gasteiger partial charge on any atom is 0.338 e. The molecule has 0 aromatic heterocycles. The van der Waals surface area contributed by atoms with E-state index in [1.807, 2.05) is 37.7 Å². The molecule has 0 fully saturated rings. The highest BCUT2D eigenvalue weighted by Gasteiger charge is 2.29. The number of carbonyl (C=O) groups excluding carboxylic acids is 1. The van der Waals surface area contributed by atoms with E-state index in [0.717, 1.165) is 0 Å². The molecule has 0 unspecified atom stereocenters. The molecule has 4 nitrogen and oxygen atoms in total. The lowest BCUT2D eigenvalue weighted by Crippen LogP contribution is -2.41. The van der Waals surface area contributed by atoms with Crippen LogP contribution in [0.3, 0.4) is 0 Å². The van der Waals surface area contributed by atoms with E-state index in [1.165, 1.54) is 12.3 Å². The minimum atomic E-state index is -1.97. The van der Waals surface area contributed by atoms with E-state index in [9.17, 15) is 4.79 Å². The highest BCUT2D eigenvalue weighted by atomic mass is 28.3. The molecule has 1 aromatic rings. The molecule has 1 rings (SSSR count). The van der Waals surface area contributed by atoms with Crippen molar-refractivity contribution < 1.29 is 19.0 Å². The quantitative estimate of drug-likeness (QED) is 0.319. The summed E-state index contributed by atoms with van der Waals surface area (Å²) in [6.07, 6.45) is -0.682. The van der Waals surface area contributed by atoms with Crippen molar-refractivity contribution in [1.29, 1.82) is 0 Å². The molecule has 0 aliphatic rings.